The maximum Gasteiger partial charge on any atom is 0.317 e. The Bertz CT molecular complexity index is 781. The number of hydrogen-bond donors (Lipinski definition) is 2. The highest BCUT2D eigenvalue weighted by Crippen LogP contribution is 2.40. The van der Waals surface area contributed by atoms with E-state index < -0.39 is 5.97 Å². The van der Waals surface area contributed by atoms with Gasteiger partial charge in [-0.05, 0) is 74.8 Å². The number of amides is 1. The van der Waals surface area contributed by atoms with Gasteiger partial charge in [0.25, 0.3) is 5.91 Å². The first-order chi connectivity index (χ1) is 13.9. The number of nitrogens with zero attached hydrogens (tertiary/aromatic N) is 2. The molecule has 6 heteroatoms. The number of fused-ring (bicyclic) bond motifs is 4. The predicted octanol–water partition coefficient (Wildman–Crippen LogP) is 2.29. The summed E-state index contributed by atoms with van der Waals surface area (Å²) in [5, 5.41) is 12.5. The Balaban J connectivity index is 1.47. The molecule has 0 saturated carbocycles. The molecule has 0 spiro atoms. The number of carbonyl (C=O) groups excluding carboxylic acids is 1. The molecule has 3 saturated heterocycles. The minimum atomic E-state index is -0.745. The molecular formula is C23H33N3O3. The third-order valence-electron chi connectivity index (χ3n) is 7.30. The van der Waals surface area contributed by atoms with Crippen molar-refractivity contribution in [1.82, 2.24) is 15.1 Å². The Morgan fingerprint density at radius 2 is 1.93 bits per heavy atom. The molecule has 4 rings (SSSR count). The quantitative estimate of drug-likeness (QED) is 0.795. The molecule has 3 fully saturated rings. The summed E-state index contributed by atoms with van der Waals surface area (Å²) in [6, 6.07) is 6.68. The summed E-state index contributed by atoms with van der Waals surface area (Å²) in [6.07, 6.45) is 4.82. The minimum Gasteiger partial charge on any atom is -0.480 e. The molecule has 29 heavy (non-hydrogen) atoms. The number of hydrogen-bond acceptors (Lipinski definition) is 4. The fourth-order valence-electron chi connectivity index (χ4n) is 5.79. The van der Waals surface area contributed by atoms with Crippen LogP contribution in [0, 0.1) is 25.7 Å². The SMILES string of the molecule is Cc1ccc(C(=O)NC[C@H]2[C@H]3C[C@H](CN(CC(=O)O)C3)[C@@H]3CCCCN32)cc1C. The molecule has 3 heterocycles. The Morgan fingerprint density at radius 3 is 2.69 bits per heavy atom. The van der Waals surface area contributed by atoms with E-state index in [1.54, 1.807) is 0 Å². The van der Waals surface area contributed by atoms with Crippen LogP contribution in [0.3, 0.4) is 0 Å². The first-order valence-electron chi connectivity index (χ1n) is 11.0. The van der Waals surface area contributed by atoms with Gasteiger partial charge < -0.3 is 10.4 Å². The van der Waals surface area contributed by atoms with Crippen LogP contribution in [0.5, 0.6) is 0 Å². The van der Waals surface area contributed by atoms with E-state index in [9.17, 15) is 14.7 Å². The zero-order chi connectivity index (χ0) is 20.5. The summed E-state index contributed by atoms with van der Waals surface area (Å²) in [4.78, 5) is 28.8. The van der Waals surface area contributed by atoms with Crippen LogP contribution < -0.4 is 5.32 Å². The van der Waals surface area contributed by atoms with Gasteiger partial charge in [0.2, 0.25) is 0 Å². The number of likely N-dealkylation sites (tertiary alicyclic amines) is 1. The second-order valence-electron chi connectivity index (χ2n) is 9.22. The van der Waals surface area contributed by atoms with Crippen molar-refractivity contribution in [1.29, 1.82) is 0 Å². The van der Waals surface area contributed by atoms with E-state index in [2.05, 4.69) is 22.0 Å². The fourth-order valence-corrected chi connectivity index (χ4v) is 5.79. The first kappa shape index (κ1) is 20.4. The average Bonchev–Trinajstić information content (AvgIpc) is 2.69. The smallest absolute Gasteiger partial charge is 0.317 e. The molecule has 2 N–H and O–H groups in total. The second-order valence-corrected chi connectivity index (χ2v) is 9.22. The van der Waals surface area contributed by atoms with E-state index in [1.165, 1.54) is 24.8 Å². The first-order valence-corrected chi connectivity index (χ1v) is 11.0. The van der Waals surface area contributed by atoms with Crippen molar-refractivity contribution in [2.75, 3.05) is 32.7 Å². The van der Waals surface area contributed by atoms with Crippen LogP contribution >= 0.6 is 0 Å². The van der Waals surface area contributed by atoms with Crippen molar-refractivity contribution in [2.45, 2.75) is 51.6 Å². The number of carbonyl (C=O) groups is 2. The Morgan fingerprint density at radius 1 is 1.14 bits per heavy atom. The van der Waals surface area contributed by atoms with Gasteiger partial charge >= 0.3 is 5.97 Å². The number of nitrogens with one attached hydrogen (secondary N) is 1. The van der Waals surface area contributed by atoms with Crippen LogP contribution in [0.1, 0.15) is 47.2 Å². The molecule has 6 nitrogen and oxygen atoms in total. The van der Waals surface area contributed by atoms with Crippen molar-refractivity contribution >= 4 is 11.9 Å². The summed E-state index contributed by atoms with van der Waals surface area (Å²) in [5.74, 6) is 0.217. The van der Waals surface area contributed by atoms with Gasteiger partial charge in [-0.15, -0.1) is 0 Å². The summed E-state index contributed by atoms with van der Waals surface area (Å²) in [5.41, 5.74) is 3.04. The Kier molecular flexibility index (Phi) is 5.93. The maximum absolute atomic E-state index is 12.8. The lowest BCUT2D eigenvalue weighted by atomic mass is 9.72. The lowest BCUT2D eigenvalue weighted by molar-refractivity contribution is -0.141. The number of benzene rings is 1. The van der Waals surface area contributed by atoms with Gasteiger partial charge in [0.15, 0.2) is 0 Å². The highest BCUT2D eigenvalue weighted by Gasteiger charge is 2.47. The lowest BCUT2D eigenvalue weighted by Gasteiger charge is -2.56. The molecule has 0 radical (unpaired) electrons. The van der Waals surface area contributed by atoms with Crippen molar-refractivity contribution in [3.63, 3.8) is 0 Å². The zero-order valence-electron chi connectivity index (χ0n) is 17.6. The van der Waals surface area contributed by atoms with Crippen molar-refractivity contribution in [2.24, 2.45) is 11.8 Å². The molecule has 0 aliphatic carbocycles. The number of carboxylic acid groups (broad SMARTS) is 1. The summed E-state index contributed by atoms with van der Waals surface area (Å²) in [7, 11) is 0. The molecule has 1 amide bonds. The molecule has 1 aromatic rings. The summed E-state index contributed by atoms with van der Waals surface area (Å²) in [6.45, 7) is 7.66. The normalized spacial score (nSPS) is 29.9. The summed E-state index contributed by atoms with van der Waals surface area (Å²) >= 11 is 0. The number of carboxylic acids is 1. The van der Waals surface area contributed by atoms with Crippen LogP contribution in [0.25, 0.3) is 0 Å². The van der Waals surface area contributed by atoms with Crippen LogP contribution in [0.2, 0.25) is 0 Å². The maximum atomic E-state index is 12.8. The van der Waals surface area contributed by atoms with Crippen molar-refractivity contribution in [3.8, 4) is 0 Å². The molecule has 1 aromatic carbocycles. The molecule has 0 unspecified atom stereocenters. The van der Waals surface area contributed by atoms with Gasteiger partial charge in [0, 0.05) is 37.3 Å². The van der Waals surface area contributed by atoms with E-state index in [4.69, 9.17) is 0 Å². The molecular weight excluding hydrogens is 366 g/mol. The molecule has 0 aromatic heterocycles. The molecule has 2 bridgehead atoms. The van der Waals surface area contributed by atoms with Crippen LogP contribution in [0.15, 0.2) is 18.2 Å². The summed E-state index contributed by atoms with van der Waals surface area (Å²) < 4.78 is 0. The minimum absolute atomic E-state index is 0.0121. The standard InChI is InChI=1S/C23H33N3O3/c1-15-6-7-17(9-16(15)2)23(29)24-11-21-19-10-18(12-25(13-19)14-22(27)28)20-5-3-4-8-26(20)21/h6-7,9,18-21H,3-5,8,10-14H2,1-2H3,(H,24,29)(H,27,28)/t18-,19+,20+,21+/m1/s1. The van der Waals surface area contributed by atoms with Gasteiger partial charge in [0.05, 0.1) is 6.54 Å². The number of rotatable bonds is 5. The van der Waals surface area contributed by atoms with Crippen LogP contribution in [-0.2, 0) is 4.79 Å². The molecule has 158 valence electrons. The third kappa shape index (κ3) is 4.33. The van der Waals surface area contributed by atoms with E-state index in [1.807, 2.05) is 25.1 Å². The molecule has 3 aliphatic rings. The third-order valence-corrected chi connectivity index (χ3v) is 7.30. The van der Waals surface area contributed by atoms with Crippen LogP contribution in [0.4, 0.5) is 0 Å². The van der Waals surface area contributed by atoms with Crippen molar-refractivity contribution < 1.29 is 14.7 Å². The van der Waals surface area contributed by atoms with Gasteiger partial charge in [-0.3, -0.25) is 19.4 Å². The van der Waals surface area contributed by atoms with Gasteiger partial charge in [0.1, 0.15) is 0 Å². The highest BCUT2D eigenvalue weighted by molar-refractivity contribution is 5.94. The largest absolute Gasteiger partial charge is 0.480 e. The zero-order valence-corrected chi connectivity index (χ0v) is 17.6. The Labute approximate surface area is 173 Å². The Hall–Kier alpha value is -1.92. The van der Waals surface area contributed by atoms with Gasteiger partial charge in [-0.2, -0.15) is 0 Å². The van der Waals surface area contributed by atoms with E-state index >= 15 is 0 Å². The second kappa shape index (κ2) is 8.44. The molecule has 3 aliphatic heterocycles. The van der Waals surface area contributed by atoms with Crippen LogP contribution in [-0.4, -0.2) is 71.6 Å². The number of piperidine rings is 3. The topological polar surface area (TPSA) is 72.9 Å². The van der Waals surface area contributed by atoms with Gasteiger partial charge in [-0.25, -0.2) is 0 Å². The van der Waals surface area contributed by atoms with E-state index in [0.717, 1.165) is 31.6 Å². The number of aryl methyl sites for hydroxylation is 2. The van der Waals surface area contributed by atoms with Crippen molar-refractivity contribution in [3.05, 3.63) is 34.9 Å². The van der Waals surface area contributed by atoms with E-state index in [-0.39, 0.29) is 12.5 Å². The fraction of sp³-hybridized carbons (Fsp3) is 0.652. The number of aliphatic carboxylic acids is 1. The average molecular weight is 400 g/mol. The molecule has 4 atom stereocenters. The highest BCUT2D eigenvalue weighted by atomic mass is 16.4. The predicted molar refractivity (Wildman–Crippen MR) is 112 cm³/mol. The lowest BCUT2D eigenvalue weighted by Crippen LogP contribution is -2.66. The van der Waals surface area contributed by atoms with Gasteiger partial charge in [-0.1, -0.05) is 12.5 Å². The monoisotopic (exact) mass is 399 g/mol. The van der Waals surface area contributed by atoms with E-state index in [0.29, 0.717) is 36.0 Å².